The van der Waals surface area contributed by atoms with Crippen molar-refractivity contribution in [3.8, 4) is 17.1 Å². The fourth-order valence-electron chi connectivity index (χ4n) is 2.74. The summed E-state index contributed by atoms with van der Waals surface area (Å²) in [5, 5.41) is 3.79. The van der Waals surface area contributed by atoms with Crippen LogP contribution in [0.3, 0.4) is 0 Å². The number of esters is 1. The summed E-state index contributed by atoms with van der Waals surface area (Å²) in [5.41, 5.74) is 2.95. The minimum atomic E-state index is -0.549. The van der Waals surface area contributed by atoms with E-state index in [0.717, 1.165) is 5.56 Å². The van der Waals surface area contributed by atoms with Crippen molar-refractivity contribution in [1.82, 2.24) is 10.1 Å². The molecule has 7 heteroatoms. The van der Waals surface area contributed by atoms with Gasteiger partial charge in [0.1, 0.15) is 11.6 Å². The van der Waals surface area contributed by atoms with Gasteiger partial charge >= 0.3 is 5.97 Å². The maximum absolute atomic E-state index is 13.0. The molecule has 0 aliphatic heterocycles. The van der Waals surface area contributed by atoms with Crippen molar-refractivity contribution in [1.29, 1.82) is 0 Å². The number of aryl methyl sites for hydroxylation is 1. The van der Waals surface area contributed by atoms with Crippen LogP contribution in [0.1, 0.15) is 36.8 Å². The summed E-state index contributed by atoms with van der Waals surface area (Å²) in [4.78, 5) is 16.0. The number of hydrogen-bond donors (Lipinski definition) is 0. The van der Waals surface area contributed by atoms with Gasteiger partial charge in [-0.3, -0.25) is 0 Å². The van der Waals surface area contributed by atoms with E-state index in [9.17, 15) is 9.18 Å². The molecule has 2 aromatic carbocycles. The molecule has 1 heterocycles. The summed E-state index contributed by atoms with van der Waals surface area (Å²) in [6.07, 6.45) is 0. The van der Waals surface area contributed by atoms with Gasteiger partial charge in [-0.2, -0.15) is 4.98 Å². The molecular formula is C21H21FN2O4. The number of benzene rings is 2. The lowest BCUT2D eigenvalue weighted by Gasteiger charge is -2.12. The quantitative estimate of drug-likeness (QED) is 0.561. The number of carbonyl (C=O) groups is 1. The van der Waals surface area contributed by atoms with E-state index in [-0.39, 0.29) is 24.9 Å². The van der Waals surface area contributed by atoms with Crippen LogP contribution in [0.2, 0.25) is 0 Å². The second-order valence-corrected chi connectivity index (χ2v) is 6.64. The van der Waals surface area contributed by atoms with E-state index in [1.165, 1.54) is 29.8 Å². The number of ether oxygens (including phenoxy) is 2. The van der Waals surface area contributed by atoms with E-state index in [1.807, 2.05) is 25.1 Å². The second-order valence-electron chi connectivity index (χ2n) is 6.64. The Hall–Kier alpha value is -3.22. The third kappa shape index (κ3) is 4.94. The SMILES string of the molecule is Cc1cc(OCC(=O)OCc2nc(-c3ccc(F)cc3)no2)ccc1C(C)C. The Labute approximate surface area is 162 Å². The molecule has 0 atom stereocenters. The standard InChI is InChI=1S/C21H21FN2O4/c1-13(2)18-9-8-17(10-14(18)3)26-12-20(25)27-11-19-23-21(24-28-19)15-4-6-16(22)7-5-15/h4-10,13H,11-12H2,1-3H3. The summed E-state index contributed by atoms with van der Waals surface area (Å²) < 4.78 is 28.6. The number of aromatic nitrogens is 2. The largest absolute Gasteiger partial charge is 0.482 e. The van der Waals surface area contributed by atoms with Gasteiger partial charge in [0, 0.05) is 5.56 Å². The van der Waals surface area contributed by atoms with Crippen molar-refractivity contribution in [3.63, 3.8) is 0 Å². The van der Waals surface area contributed by atoms with Crippen LogP contribution in [0.4, 0.5) is 4.39 Å². The van der Waals surface area contributed by atoms with Crippen molar-refractivity contribution >= 4 is 5.97 Å². The first-order chi connectivity index (χ1) is 13.4. The molecule has 0 amide bonds. The van der Waals surface area contributed by atoms with Crippen LogP contribution in [-0.2, 0) is 16.1 Å². The van der Waals surface area contributed by atoms with Gasteiger partial charge < -0.3 is 14.0 Å². The van der Waals surface area contributed by atoms with Gasteiger partial charge in [-0.05, 0) is 60.4 Å². The highest BCUT2D eigenvalue weighted by Crippen LogP contribution is 2.23. The zero-order chi connectivity index (χ0) is 20.1. The van der Waals surface area contributed by atoms with Crippen molar-refractivity contribution in [2.24, 2.45) is 0 Å². The fraction of sp³-hybridized carbons (Fsp3) is 0.286. The monoisotopic (exact) mass is 384 g/mol. The lowest BCUT2D eigenvalue weighted by Crippen LogP contribution is -2.15. The van der Waals surface area contributed by atoms with Gasteiger partial charge in [0.15, 0.2) is 13.2 Å². The Bertz CT molecular complexity index is 951. The third-order valence-corrected chi connectivity index (χ3v) is 4.15. The molecule has 0 saturated carbocycles. The Balaban J connectivity index is 1.49. The fourth-order valence-corrected chi connectivity index (χ4v) is 2.74. The summed E-state index contributed by atoms with van der Waals surface area (Å²) in [6.45, 7) is 5.87. The van der Waals surface area contributed by atoms with E-state index >= 15 is 0 Å². The highest BCUT2D eigenvalue weighted by atomic mass is 19.1. The highest BCUT2D eigenvalue weighted by molar-refractivity contribution is 5.71. The molecule has 0 aliphatic carbocycles. The lowest BCUT2D eigenvalue weighted by molar-refractivity contribution is -0.148. The first-order valence-electron chi connectivity index (χ1n) is 8.90. The number of nitrogens with zero attached hydrogens (tertiary/aromatic N) is 2. The molecular weight excluding hydrogens is 363 g/mol. The average molecular weight is 384 g/mol. The van der Waals surface area contributed by atoms with Gasteiger partial charge in [0.2, 0.25) is 5.82 Å². The molecule has 0 radical (unpaired) electrons. The highest BCUT2D eigenvalue weighted by Gasteiger charge is 2.12. The molecule has 0 fully saturated rings. The molecule has 0 unspecified atom stereocenters. The van der Waals surface area contributed by atoms with Crippen LogP contribution in [0.25, 0.3) is 11.4 Å². The minimum absolute atomic E-state index is 0.143. The maximum atomic E-state index is 13.0. The summed E-state index contributed by atoms with van der Waals surface area (Å²) in [5.74, 6) is 0.568. The van der Waals surface area contributed by atoms with E-state index in [4.69, 9.17) is 14.0 Å². The third-order valence-electron chi connectivity index (χ3n) is 4.15. The van der Waals surface area contributed by atoms with Crippen LogP contribution >= 0.6 is 0 Å². The molecule has 0 spiro atoms. The van der Waals surface area contributed by atoms with Gasteiger partial charge in [-0.15, -0.1) is 0 Å². The molecule has 0 N–H and O–H groups in total. The predicted octanol–water partition coefficient (Wildman–Crippen LogP) is 4.43. The van der Waals surface area contributed by atoms with Crippen LogP contribution in [-0.4, -0.2) is 22.7 Å². The molecule has 28 heavy (non-hydrogen) atoms. The number of rotatable bonds is 7. The number of carbonyl (C=O) groups excluding carboxylic acids is 1. The first kappa shape index (κ1) is 19.5. The van der Waals surface area contributed by atoms with Gasteiger partial charge in [-0.25, -0.2) is 9.18 Å². The zero-order valence-corrected chi connectivity index (χ0v) is 15.9. The van der Waals surface area contributed by atoms with Crippen LogP contribution < -0.4 is 4.74 Å². The van der Waals surface area contributed by atoms with E-state index in [0.29, 0.717) is 23.1 Å². The average Bonchev–Trinajstić information content (AvgIpc) is 3.14. The van der Waals surface area contributed by atoms with E-state index < -0.39 is 5.97 Å². The smallest absolute Gasteiger partial charge is 0.344 e. The first-order valence-corrected chi connectivity index (χ1v) is 8.90. The number of halogens is 1. The topological polar surface area (TPSA) is 74.5 Å². The summed E-state index contributed by atoms with van der Waals surface area (Å²) >= 11 is 0. The van der Waals surface area contributed by atoms with Gasteiger partial charge in [0.05, 0.1) is 0 Å². The van der Waals surface area contributed by atoms with Crippen molar-refractivity contribution in [3.05, 3.63) is 65.3 Å². The second kappa shape index (κ2) is 8.65. The summed E-state index contributed by atoms with van der Waals surface area (Å²) in [7, 11) is 0. The van der Waals surface area contributed by atoms with Crippen LogP contribution in [0.5, 0.6) is 5.75 Å². The minimum Gasteiger partial charge on any atom is -0.482 e. The van der Waals surface area contributed by atoms with E-state index in [2.05, 4.69) is 24.0 Å². The Morgan fingerprint density at radius 1 is 1.18 bits per heavy atom. The molecule has 3 aromatic rings. The zero-order valence-electron chi connectivity index (χ0n) is 15.9. The van der Waals surface area contributed by atoms with E-state index in [1.54, 1.807) is 0 Å². The molecule has 6 nitrogen and oxygen atoms in total. The normalized spacial score (nSPS) is 10.9. The maximum Gasteiger partial charge on any atom is 0.344 e. The molecule has 146 valence electrons. The van der Waals surface area contributed by atoms with Crippen LogP contribution in [0, 0.1) is 12.7 Å². The molecule has 3 rings (SSSR count). The molecule has 0 bridgehead atoms. The van der Waals surface area contributed by atoms with Crippen molar-refractivity contribution in [2.75, 3.05) is 6.61 Å². The Morgan fingerprint density at radius 3 is 2.61 bits per heavy atom. The van der Waals surface area contributed by atoms with Gasteiger partial charge in [-0.1, -0.05) is 25.1 Å². The van der Waals surface area contributed by atoms with Gasteiger partial charge in [0.25, 0.3) is 5.89 Å². The molecule has 1 aromatic heterocycles. The molecule has 0 saturated heterocycles. The Morgan fingerprint density at radius 2 is 1.93 bits per heavy atom. The molecule has 0 aliphatic rings. The Kier molecular flexibility index (Phi) is 6.03. The van der Waals surface area contributed by atoms with Crippen molar-refractivity contribution < 1.29 is 23.2 Å². The van der Waals surface area contributed by atoms with Crippen molar-refractivity contribution in [2.45, 2.75) is 33.3 Å². The lowest BCUT2D eigenvalue weighted by atomic mass is 9.98. The number of hydrogen-bond acceptors (Lipinski definition) is 6. The van der Waals surface area contributed by atoms with Crippen LogP contribution in [0.15, 0.2) is 47.0 Å². The predicted molar refractivity (Wildman–Crippen MR) is 100 cm³/mol. The summed E-state index contributed by atoms with van der Waals surface area (Å²) in [6, 6.07) is 11.4.